The average molecular weight is 395 g/mol. The van der Waals surface area contributed by atoms with Crippen molar-refractivity contribution < 1.29 is 19.4 Å². The van der Waals surface area contributed by atoms with Crippen molar-refractivity contribution in [3.05, 3.63) is 65.7 Å². The molecule has 0 saturated carbocycles. The summed E-state index contributed by atoms with van der Waals surface area (Å²) in [6.07, 6.45) is 3.24. The number of rotatable bonds is 7. The molecule has 7 nitrogen and oxygen atoms in total. The Bertz CT molecular complexity index is 1010. The van der Waals surface area contributed by atoms with Crippen LogP contribution in [0.1, 0.15) is 42.4 Å². The zero-order chi connectivity index (χ0) is 21.0. The van der Waals surface area contributed by atoms with E-state index in [0.717, 1.165) is 16.3 Å². The highest BCUT2D eigenvalue weighted by Crippen LogP contribution is 2.36. The Balaban J connectivity index is 1.88. The number of aromatic nitrogens is 2. The summed E-state index contributed by atoms with van der Waals surface area (Å²) in [6.45, 7) is 5.69. The quantitative estimate of drug-likeness (QED) is 0.534. The Hall–Kier alpha value is -3.19. The van der Waals surface area contributed by atoms with E-state index in [4.69, 9.17) is 4.74 Å². The van der Waals surface area contributed by atoms with Gasteiger partial charge in [-0.1, -0.05) is 32.0 Å². The third-order valence-electron chi connectivity index (χ3n) is 4.97. The maximum atomic E-state index is 12.3. The molecule has 3 N–H and O–H groups in total. The third-order valence-corrected chi connectivity index (χ3v) is 4.97. The second-order valence-electron chi connectivity index (χ2n) is 7.14. The number of fused-ring (bicyclic) bond motifs is 1. The van der Waals surface area contributed by atoms with Crippen LogP contribution in [0.3, 0.4) is 0 Å². The van der Waals surface area contributed by atoms with Gasteiger partial charge in [-0.15, -0.1) is 0 Å². The van der Waals surface area contributed by atoms with Gasteiger partial charge in [-0.05, 0) is 47.4 Å². The Morgan fingerprint density at radius 1 is 1.21 bits per heavy atom. The lowest BCUT2D eigenvalue weighted by Crippen LogP contribution is -2.33. The largest absolute Gasteiger partial charge is 0.465 e. The van der Waals surface area contributed by atoms with Gasteiger partial charge in [-0.3, -0.25) is 9.59 Å². The highest BCUT2D eigenvalue weighted by Gasteiger charge is 2.37. The van der Waals surface area contributed by atoms with E-state index >= 15 is 0 Å². The molecule has 152 valence electrons. The number of hydrogen-bond acceptors (Lipinski definition) is 5. The molecule has 0 spiro atoms. The zero-order valence-corrected chi connectivity index (χ0v) is 16.7. The van der Waals surface area contributed by atoms with Crippen LogP contribution in [0.25, 0.3) is 10.8 Å². The van der Waals surface area contributed by atoms with Gasteiger partial charge in [-0.25, -0.2) is 4.98 Å². The molecular weight excluding hydrogens is 370 g/mol. The van der Waals surface area contributed by atoms with Gasteiger partial charge < -0.3 is 20.1 Å². The van der Waals surface area contributed by atoms with Gasteiger partial charge >= 0.3 is 5.97 Å². The van der Waals surface area contributed by atoms with Crippen LogP contribution < -0.4 is 5.32 Å². The molecule has 3 rings (SSSR count). The van der Waals surface area contributed by atoms with Crippen LogP contribution in [0.15, 0.2) is 48.9 Å². The number of aromatic amines is 1. The van der Waals surface area contributed by atoms with Gasteiger partial charge in [-0.2, -0.15) is 0 Å². The summed E-state index contributed by atoms with van der Waals surface area (Å²) in [5.74, 6) is -0.923. The van der Waals surface area contributed by atoms with Gasteiger partial charge in [0.1, 0.15) is 12.1 Å². The maximum Gasteiger partial charge on any atom is 0.325 e. The highest BCUT2D eigenvalue weighted by atomic mass is 16.5. The lowest BCUT2D eigenvalue weighted by Gasteiger charge is -2.31. The van der Waals surface area contributed by atoms with Crippen molar-refractivity contribution in [2.75, 3.05) is 13.2 Å². The normalized spacial score (nSPS) is 13.3. The molecule has 2 aromatic carbocycles. The SMILES string of the molecule is CCOC(=O)CNC(=O)c1ccc2cc(C(O)(c3c[nH]cn3)C(C)C)ccc2c1. The van der Waals surface area contributed by atoms with E-state index in [1.807, 2.05) is 38.1 Å². The molecule has 0 aliphatic rings. The van der Waals surface area contributed by atoms with E-state index < -0.39 is 11.6 Å². The third kappa shape index (κ3) is 4.14. The zero-order valence-electron chi connectivity index (χ0n) is 16.7. The predicted octanol–water partition coefficient (Wildman–Crippen LogP) is 2.75. The molecule has 1 unspecified atom stereocenters. The van der Waals surface area contributed by atoms with Gasteiger partial charge in [0.25, 0.3) is 5.91 Å². The number of ether oxygens (including phenoxy) is 1. The molecule has 0 aliphatic carbocycles. The van der Waals surface area contributed by atoms with Crippen LogP contribution in [-0.4, -0.2) is 40.1 Å². The van der Waals surface area contributed by atoms with Crippen LogP contribution >= 0.6 is 0 Å². The van der Waals surface area contributed by atoms with Gasteiger partial charge in [0.15, 0.2) is 0 Å². The van der Waals surface area contributed by atoms with Crippen LogP contribution in [0, 0.1) is 5.92 Å². The van der Waals surface area contributed by atoms with Crippen molar-refractivity contribution in [2.45, 2.75) is 26.4 Å². The molecule has 7 heteroatoms. The topological polar surface area (TPSA) is 104 Å². The van der Waals surface area contributed by atoms with Crippen LogP contribution in [-0.2, 0) is 15.1 Å². The summed E-state index contributed by atoms with van der Waals surface area (Å²) < 4.78 is 4.81. The molecule has 0 fully saturated rings. The minimum atomic E-state index is -1.23. The molecule has 1 aromatic heterocycles. The number of amides is 1. The van der Waals surface area contributed by atoms with Gasteiger partial charge in [0, 0.05) is 11.8 Å². The second kappa shape index (κ2) is 8.45. The average Bonchev–Trinajstić information content (AvgIpc) is 3.26. The van der Waals surface area contributed by atoms with Crippen LogP contribution in [0.4, 0.5) is 0 Å². The van der Waals surface area contributed by atoms with Crippen LogP contribution in [0.2, 0.25) is 0 Å². The lowest BCUT2D eigenvalue weighted by molar-refractivity contribution is -0.141. The summed E-state index contributed by atoms with van der Waals surface area (Å²) in [6, 6.07) is 10.9. The molecule has 0 aliphatic heterocycles. The Labute approximate surface area is 169 Å². The molecular formula is C22H25N3O4. The minimum absolute atomic E-state index is 0.101. The number of hydrogen-bond donors (Lipinski definition) is 3. The highest BCUT2D eigenvalue weighted by molar-refractivity contribution is 5.99. The summed E-state index contributed by atoms with van der Waals surface area (Å²) in [4.78, 5) is 30.9. The molecule has 0 saturated heterocycles. The number of carbonyl (C=O) groups excluding carboxylic acids is 2. The molecule has 1 amide bonds. The smallest absolute Gasteiger partial charge is 0.325 e. The predicted molar refractivity (Wildman–Crippen MR) is 109 cm³/mol. The number of benzene rings is 2. The molecule has 1 atom stereocenters. The first-order valence-electron chi connectivity index (χ1n) is 9.56. The van der Waals surface area contributed by atoms with E-state index in [9.17, 15) is 14.7 Å². The van der Waals surface area contributed by atoms with Crippen LogP contribution in [0.5, 0.6) is 0 Å². The molecule has 0 radical (unpaired) electrons. The second-order valence-corrected chi connectivity index (χ2v) is 7.14. The van der Waals surface area contributed by atoms with Crippen molar-refractivity contribution in [3.63, 3.8) is 0 Å². The Kier molecular flexibility index (Phi) is 5.98. The van der Waals surface area contributed by atoms with E-state index in [-0.39, 0.29) is 25.0 Å². The first kappa shape index (κ1) is 20.5. The van der Waals surface area contributed by atoms with Crippen molar-refractivity contribution in [1.82, 2.24) is 15.3 Å². The van der Waals surface area contributed by atoms with Gasteiger partial charge in [0.2, 0.25) is 0 Å². The van der Waals surface area contributed by atoms with E-state index in [1.54, 1.807) is 31.6 Å². The lowest BCUT2D eigenvalue weighted by atomic mass is 9.80. The molecule has 1 heterocycles. The first-order valence-corrected chi connectivity index (χ1v) is 9.56. The first-order chi connectivity index (χ1) is 13.9. The number of aliphatic hydroxyl groups is 1. The Morgan fingerprint density at radius 2 is 1.93 bits per heavy atom. The fourth-order valence-corrected chi connectivity index (χ4v) is 3.34. The number of imidazole rings is 1. The number of carbonyl (C=O) groups is 2. The molecule has 3 aromatic rings. The minimum Gasteiger partial charge on any atom is -0.465 e. The number of esters is 1. The van der Waals surface area contributed by atoms with Crippen molar-refractivity contribution in [1.29, 1.82) is 0 Å². The molecule has 0 bridgehead atoms. The number of nitrogens with zero attached hydrogens (tertiary/aromatic N) is 1. The monoisotopic (exact) mass is 395 g/mol. The summed E-state index contributed by atoms with van der Waals surface area (Å²) in [5, 5.41) is 15.7. The van der Waals surface area contributed by atoms with E-state index in [0.29, 0.717) is 11.3 Å². The number of nitrogens with one attached hydrogen (secondary N) is 2. The van der Waals surface area contributed by atoms with Crippen molar-refractivity contribution >= 4 is 22.6 Å². The molecule has 29 heavy (non-hydrogen) atoms. The summed E-state index contributed by atoms with van der Waals surface area (Å²) in [5.41, 5.74) is 0.499. The fraction of sp³-hybridized carbons (Fsp3) is 0.318. The van der Waals surface area contributed by atoms with E-state index in [2.05, 4.69) is 15.3 Å². The van der Waals surface area contributed by atoms with Crippen molar-refractivity contribution in [3.8, 4) is 0 Å². The van der Waals surface area contributed by atoms with E-state index in [1.165, 1.54) is 0 Å². The fourth-order valence-electron chi connectivity index (χ4n) is 3.34. The number of H-pyrrole nitrogens is 1. The summed E-state index contributed by atoms with van der Waals surface area (Å²) in [7, 11) is 0. The van der Waals surface area contributed by atoms with Crippen molar-refractivity contribution in [2.24, 2.45) is 5.92 Å². The summed E-state index contributed by atoms with van der Waals surface area (Å²) >= 11 is 0. The maximum absolute atomic E-state index is 12.3. The standard InChI is InChI=1S/C22H25N3O4/c1-4-29-20(26)12-24-21(27)17-6-5-16-10-18(8-7-15(16)9-17)22(28,14(2)3)19-11-23-13-25-19/h5-11,13-14,28H,4,12H2,1-3H3,(H,23,25)(H,24,27). The Morgan fingerprint density at radius 3 is 2.59 bits per heavy atom. The van der Waals surface area contributed by atoms with Gasteiger partial charge in [0.05, 0.1) is 18.6 Å².